The first-order valence-corrected chi connectivity index (χ1v) is 11.3. The van der Waals surface area contributed by atoms with Crippen LogP contribution >= 0.6 is 0 Å². The molecule has 0 aromatic heterocycles. The van der Waals surface area contributed by atoms with Gasteiger partial charge in [0, 0.05) is 25.3 Å². The van der Waals surface area contributed by atoms with Gasteiger partial charge in [-0.25, -0.2) is 4.79 Å². The molecule has 0 unspecified atom stereocenters. The van der Waals surface area contributed by atoms with E-state index in [1.807, 2.05) is 53.8 Å². The monoisotopic (exact) mass is 492 g/mol. The zero-order valence-corrected chi connectivity index (χ0v) is 18.9. The van der Waals surface area contributed by atoms with Crippen molar-refractivity contribution >= 4 is 18.0 Å². The highest BCUT2D eigenvalue weighted by atomic mass is 19.4. The summed E-state index contributed by atoms with van der Waals surface area (Å²) in [5.41, 5.74) is 3.88. The molecule has 0 fully saturated rings. The van der Waals surface area contributed by atoms with E-state index in [0.29, 0.717) is 12.8 Å². The summed E-state index contributed by atoms with van der Waals surface area (Å²) >= 11 is 0. The van der Waals surface area contributed by atoms with E-state index in [-0.39, 0.29) is 25.5 Å². The zero-order chi connectivity index (χ0) is 25.4. The molecule has 0 heterocycles. The summed E-state index contributed by atoms with van der Waals surface area (Å²) in [5.74, 6) is -1.85. The second-order valence-corrected chi connectivity index (χ2v) is 8.30. The molecule has 2 amide bonds. The number of ether oxygens (including phenoxy) is 1. The summed E-state index contributed by atoms with van der Waals surface area (Å²) in [4.78, 5) is 34.5. The molecule has 7 nitrogen and oxygen atoms in total. The summed E-state index contributed by atoms with van der Waals surface area (Å²) in [5, 5.41) is 12.9. The van der Waals surface area contributed by atoms with Crippen molar-refractivity contribution in [2.45, 2.75) is 50.2 Å². The molecule has 0 saturated heterocycles. The third-order valence-electron chi connectivity index (χ3n) is 5.83. The number of carbonyl (C=O) groups is 3. The maximum Gasteiger partial charge on any atom is 0.408 e. The molecular weight excluding hydrogens is 465 g/mol. The largest absolute Gasteiger partial charge is 0.481 e. The Hall–Kier alpha value is -3.56. The van der Waals surface area contributed by atoms with Gasteiger partial charge < -0.3 is 20.5 Å². The Balaban J connectivity index is 1.50. The van der Waals surface area contributed by atoms with E-state index >= 15 is 0 Å². The molecule has 2 aromatic rings. The number of rotatable bonds is 11. The van der Waals surface area contributed by atoms with Crippen molar-refractivity contribution < 1.29 is 37.4 Å². The first-order chi connectivity index (χ1) is 16.7. The van der Waals surface area contributed by atoms with E-state index < -0.39 is 43.0 Å². The highest BCUT2D eigenvalue weighted by Crippen LogP contribution is 2.44. The summed E-state index contributed by atoms with van der Waals surface area (Å²) in [6, 6.07) is 13.0. The first-order valence-electron chi connectivity index (χ1n) is 11.3. The lowest BCUT2D eigenvalue weighted by molar-refractivity contribution is -0.156. The summed E-state index contributed by atoms with van der Waals surface area (Å²) in [6.45, 7) is 0.0455. The van der Waals surface area contributed by atoms with E-state index in [2.05, 4.69) is 5.32 Å². The number of hydrogen-bond donors (Lipinski definition) is 3. The van der Waals surface area contributed by atoms with Crippen molar-refractivity contribution in [3.05, 3.63) is 59.7 Å². The van der Waals surface area contributed by atoms with Gasteiger partial charge in [0.15, 0.2) is 0 Å². The Morgan fingerprint density at radius 1 is 0.943 bits per heavy atom. The van der Waals surface area contributed by atoms with Crippen LogP contribution in [0.15, 0.2) is 48.5 Å². The normalized spacial score (nSPS) is 13.5. The van der Waals surface area contributed by atoms with Gasteiger partial charge in [-0.2, -0.15) is 13.2 Å². The first kappa shape index (κ1) is 26.1. The Morgan fingerprint density at radius 3 is 2.11 bits per heavy atom. The number of carbonyl (C=O) groups excluding carboxylic acids is 2. The van der Waals surface area contributed by atoms with E-state index in [1.54, 1.807) is 0 Å². The van der Waals surface area contributed by atoms with Crippen LogP contribution in [0.1, 0.15) is 49.1 Å². The number of amides is 2. The Kier molecular flexibility index (Phi) is 8.73. The van der Waals surface area contributed by atoms with E-state index in [9.17, 15) is 27.6 Å². The maximum atomic E-state index is 13.4. The number of halogens is 3. The van der Waals surface area contributed by atoms with Crippen molar-refractivity contribution in [3.8, 4) is 11.1 Å². The van der Waals surface area contributed by atoms with Crippen LogP contribution in [-0.4, -0.2) is 48.4 Å². The number of carboxylic acids is 1. The van der Waals surface area contributed by atoms with Crippen molar-refractivity contribution in [1.29, 1.82) is 0 Å². The van der Waals surface area contributed by atoms with Gasteiger partial charge in [0.05, 0.1) is 0 Å². The minimum atomic E-state index is -4.76. The number of alkyl carbamates (subject to hydrolysis) is 1. The van der Waals surface area contributed by atoms with Gasteiger partial charge in [-0.15, -0.1) is 0 Å². The number of carboxylic acid groups (broad SMARTS) is 1. The number of aliphatic carboxylic acids is 1. The molecule has 1 aliphatic carbocycles. The molecule has 10 heteroatoms. The molecule has 3 rings (SSSR count). The molecular formula is C25H27F3N2O5. The molecule has 0 saturated carbocycles. The average molecular weight is 492 g/mol. The number of alkyl halides is 3. The molecule has 3 N–H and O–H groups in total. The Labute approximate surface area is 200 Å². The van der Waals surface area contributed by atoms with Crippen LogP contribution in [0, 0.1) is 0 Å². The van der Waals surface area contributed by atoms with E-state index in [0.717, 1.165) is 22.3 Å². The van der Waals surface area contributed by atoms with Gasteiger partial charge in [-0.05, 0) is 41.5 Å². The lowest BCUT2D eigenvalue weighted by atomic mass is 9.98. The van der Waals surface area contributed by atoms with Gasteiger partial charge in [-0.1, -0.05) is 48.5 Å². The van der Waals surface area contributed by atoms with Crippen LogP contribution in [0.5, 0.6) is 0 Å². The van der Waals surface area contributed by atoms with Gasteiger partial charge in [0.1, 0.15) is 12.6 Å². The second kappa shape index (κ2) is 11.7. The van der Waals surface area contributed by atoms with Gasteiger partial charge in [-0.3, -0.25) is 9.59 Å². The smallest absolute Gasteiger partial charge is 0.408 e. The Bertz CT molecular complexity index is 1010. The standard InChI is InChI=1S/C25H27F3N2O5/c26-25(27,28)21(12-13-22(31)29-14-6-5-11-23(32)33)30-24(34)35-15-20-18-9-3-1-7-16(18)17-8-2-4-10-19(17)20/h1-4,7-10,20-21H,5-6,11-15H2,(H,29,31)(H,30,34)(H,32,33)/t21-/m0/s1. The van der Waals surface area contributed by atoms with Crippen molar-refractivity contribution in [1.82, 2.24) is 10.6 Å². The zero-order valence-electron chi connectivity index (χ0n) is 18.9. The van der Waals surface area contributed by atoms with Crippen LogP contribution in [0.2, 0.25) is 0 Å². The quantitative estimate of drug-likeness (QED) is 0.398. The third-order valence-corrected chi connectivity index (χ3v) is 5.83. The number of fused-ring (bicyclic) bond motifs is 3. The SMILES string of the molecule is O=C(O)CCCCNC(=O)CC[C@H](NC(=O)OCC1c2ccccc2-c2ccccc21)C(F)(F)F. The molecule has 2 aromatic carbocycles. The van der Waals surface area contributed by atoms with E-state index in [4.69, 9.17) is 9.84 Å². The molecule has 0 radical (unpaired) electrons. The molecule has 0 spiro atoms. The highest BCUT2D eigenvalue weighted by molar-refractivity contribution is 5.79. The molecule has 1 atom stereocenters. The topological polar surface area (TPSA) is 105 Å². The minimum Gasteiger partial charge on any atom is -0.481 e. The second-order valence-electron chi connectivity index (χ2n) is 8.30. The predicted octanol–water partition coefficient (Wildman–Crippen LogP) is 4.61. The molecule has 0 bridgehead atoms. The van der Waals surface area contributed by atoms with Crippen LogP contribution in [0.3, 0.4) is 0 Å². The van der Waals surface area contributed by atoms with E-state index in [1.165, 1.54) is 0 Å². The number of hydrogen-bond acceptors (Lipinski definition) is 4. The number of unbranched alkanes of at least 4 members (excludes halogenated alkanes) is 1. The third kappa shape index (κ3) is 7.21. The maximum absolute atomic E-state index is 13.4. The van der Waals surface area contributed by atoms with Crippen molar-refractivity contribution in [3.63, 3.8) is 0 Å². The fourth-order valence-corrected chi connectivity index (χ4v) is 4.09. The van der Waals surface area contributed by atoms with Crippen LogP contribution < -0.4 is 10.6 Å². The van der Waals surface area contributed by atoms with Crippen molar-refractivity contribution in [2.75, 3.05) is 13.2 Å². The molecule has 1 aliphatic rings. The van der Waals surface area contributed by atoms with Gasteiger partial charge in [0.2, 0.25) is 5.91 Å². The number of benzene rings is 2. The lowest BCUT2D eigenvalue weighted by Crippen LogP contribution is -2.46. The number of nitrogens with one attached hydrogen (secondary N) is 2. The predicted molar refractivity (Wildman–Crippen MR) is 122 cm³/mol. The fourth-order valence-electron chi connectivity index (χ4n) is 4.09. The molecule has 35 heavy (non-hydrogen) atoms. The van der Waals surface area contributed by atoms with Crippen molar-refractivity contribution in [2.24, 2.45) is 0 Å². The average Bonchev–Trinajstić information content (AvgIpc) is 3.13. The molecule has 0 aliphatic heterocycles. The Morgan fingerprint density at radius 2 is 1.54 bits per heavy atom. The van der Waals surface area contributed by atoms with Crippen LogP contribution in [-0.2, 0) is 14.3 Å². The summed E-state index contributed by atoms with van der Waals surface area (Å²) < 4.78 is 45.5. The van der Waals surface area contributed by atoms with Crippen LogP contribution in [0.25, 0.3) is 11.1 Å². The fraction of sp³-hybridized carbons (Fsp3) is 0.400. The minimum absolute atomic E-state index is 0.0456. The molecule has 188 valence electrons. The van der Waals surface area contributed by atoms with Gasteiger partial charge >= 0.3 is 18.2 Å². The summed E-state index contributed by atoms with van der Waals surface area (Å²) in [7, 11) is 0. The summed E-state index contributed by atoms with van der Waals surface area (Å²) in [6.07, 6.45) is -6.35. The lowest BCUT2D eigenvalue weighted by Gasteiger charge is -2.22. The highest BCUT2D eigenvalue weighted by Gasteiger charge is 2.41. The van der Waals surface area contributed by atoms with Crippen LogP contribution in [0.4, 0.5) is 18.0 Å². The van der Waals surface area contributed by atoms with Gasteiger partial charge in [0.25, 0.3) is 0 Å².